The highest BCUT2D eigenvalue weighted by Gasteiger charge is 2.36. The zero-order chi connectivity index (χ0) is 92.6. The molecule has 668 valence electrons. The van der Waals surface area contributed by atoms with Gasteiger partial charge >= 0.3 is 0 Å². The summed E-state index contributed by atoms with van der Waals surface area (Å²) in [6.45, 7) is 61.4. The molecule has 0 aliphatic heterocycles. The first-order valence-electron chi connectivity index (χ1n) is 48.7. The Balaban J connectivity index is 0.000000116. The van der Waals surface area contributed by atoms with Crippen LogP contribution in [0.2, 0.25) is 0 Å². The summed E-state index contributed by atoms with van der Waals surface area (Å²) in [5.41, 5.74) is 53.2. The standard InChI is InChI=1S/C18H19F.C18H17F.C18H21F.C18H26.C18H22.C18H20.C18H18/c2*1-10-7-14-5-6-15-13(4)12(3)11(2)9-16(15)18(14)17(19)8-10;1-10-5-6-15-14(7-10)9-17(19)18-13(4)12(3)11(2)8-16(15)18;4*1-11-5-7-17-15(9-11)6-8-16-14(4)13(3)12(2)10-18(16)17/h7-9H,5-6H2,1-4H3;5-9H,1-4H3;8-10H,5-7H2,1-4H3;10-11,15,17H,5-9H2,1-4H3;6,8,10-11H,5,7,9H2,1-4H3;5,7,9-10H,6,8H2,1-4H3;5-10H,1-4H3. The maximum absolute atomic E-state index is 14.5. The van der Waals surface area contributed by atoms with E-state index >= 15 is 0 Å². The van der Waals surface area contributed by atoms with E-state index in [0.717, 1.165) is 115 Å². The van der Waals surface area contributed by atoms with Crippen LogP contribution >= 0.6 is 0 Å². The number of hydrogen-bond donors (Lipinski definition) is 0. The molecule has 3 heteroatoms. The lowest BCUT2D eigenvalue weighted by Gasteiger charge is -2.40. The van der Waals surface area contributed by atoms with Gasteiger partial charge in [0.15, 0.2) is 0 Å². The smallest absolute Gasteiger partial charge is 0.131 e. The lowest BCUT2D eigenvalue weighted by Crippen LogP contribution is -2.28. The Hall–Kier alpha value is -10.4. The number of halogens is 3. The Bertz CT molecular complexity index is 6980. The quantitative estimate of drug-likeness (QED) is 0.133. The van der Waals surface area contributed by atoms with Crippen molar-refractivity contribution in [1.82, 2.24) is 0 Å². The second-order valence-corrected chi connectivity index (χ2v) is 41.3. The van der Waals surface area contributed by atoms with Crippen molar-refractivity contribution in [3.8, 4) is 22.3 Å². The number of rotatable bonds is 0. The van der Waals surface area contributed by atoms with Crippen molar-refractivity contribution in [2.24, 2.45) is 23.7 Å². The van der Waals surface area contributed by atoms with E-state index < -0.39 is 0 Å². The third-order valence-electron chi connectivity index (χ3n) is 32.8. The van der Waals surface area contributed by atoms with Gasteiger partial charge in [0.25, 0.3) is 0 Å². The summed E-state index contributed by atoms with van der Waals surface area (Å²) >= 11 is 0. The van der Waals surface area contributed by atoms with E-state index in [1.807, 2.05) is 32.9 Å². The number of fused-ring (bicyclic) bond motifs is 21. The molecule has 0 spiro atoms. The van der Waals surface area contributed by atoms with Gasteiger partial charge in [0.05, 0.1) is 0 Å². The van der Waals surface area contributed by atoms with Gasteiger partial charge in [-0.2, -0.15) is 0 Å². The average Bonchev–Trinajstić information content (AvgIpc) is 0.776. The van der Waals surface area contributed by atoms with Crippen LogP contribution in [0.3, 0.4) is 0 Å². The summed E-state index contributed by atoms with van der Waals surface area (Å²) in [6, 6.07) is 52.3. The molecule has 129 heavy (non-hydrogen) atoms. The molecule has 0 nitrogen and oxygen atoms in total. The van der Waals surface area contributed by atoms with E-state index in [1.54, 1.807) is 51.6 Å². The highest BCUT2D eigenvalue weighted by molar-refractivity contribution is 6.11. The molecule has 21 rings (SSSR count). The van der Waals surface area contributed by atoms with Gasteiger partial charge in [-0.1, -0.05) is 166 Å². The fourth-order valence-electron chi connectivity index (χ4n) is 23.3. The topological polar surface area (TPSA) is 0 Å². The van der Waals surface area contributed by atoms with Gasteiger partial charge in [0.1, 0.15) is 17.5 Å². The molecule has 0 N–H and O–H groups in total. The average molecular weight is 1710 g/mol. The fraction of sp³-hybridized carbons (Fsp3) is 0.381. The van der Waals surface area contributed by atoms with Crippen molar-refractivity contribution >= 4 is 64.6 Å². The van der Waals surface area contributed by atoms with Gasteiger partial charge in [-0.05, 0) is 565 Å². The molecule has 1 saturated carbocycles. The first kappa shape index (κ1) is 93.3. The predicted molar refractivity (Wildman–Crippen MR) is 554 cm³/mol. The van der Waals surface area contributed by atoms with Crippen molar-refractivity contribution in [2.75, 3.05) is 0 Å². The van der Waals surface area contributed by atoms with E-state index in [1.165, 1.54) is 253 Å². The zero-order valence-electron chi connectivity index (χ0n) is 83.5. The summed E-state index contributed by atoms with van der Waals surface area (Å²) < 4.78 is 43.2. The maximum Gasteiger partial charge on any atom is 0.131 e. The molecule has 6 aliphatic rings. The molecule has 0 saturated heterocycles. The third-order valence-corrected chi connectivity index (χ3v) is 32.8. The normalized spacial score (nSPS) is 16.7. The van der Waals surface area contributed by atoms with Crippen LogP contribution in [0, 0.1) is 214 Å². The van der Waals surface area contributed by atoms with Crippen LogP contribution in [0.5, 0.6) is 0 Å². The van der Waals surface area contributed by atoms with Crippen LogP contribution in [-0.2, 0) is 57.8 Å². The van der Waals surface area contributed by atoms with Crippen LogP contribution < -0.4 is 0 Å². The number of hydrogen-bond acceptors (Lipinski definition) is 0. The van der Waals surface area contributed by atoms with Crippen molar-refractivity contribution in [1.29, 1.82) is 0 Å². The second kappa shape index (κ2) is 37.9. The molecule has 0 heterocycles. The van der Waals surface area contributed by atoms with Crippen molar-refractivity contribution < 1.29 is 13.2 Å². The van der Waals surface area contributed by atoms with Gasteiger partial charge in [-0.25, -0.2) is 13.2 Å². The highest BCUT2D eigenvalue weighted by Crippen LogP contribution is 2.50. The molecule has 0 radical (unpaired) electrons. The van der Waals surface area contributed by atoms with Gasteiger partial charge in [0.2, 0.25) is 0 Å². The molecule has 0 amide bonds. The van der Waals surface area contributed by atoms with Crippen LogP contribution in [0.25, 0.3) is 86.9 Å². The Kier molecular flexibility index (Phi) is 27.4. The summed E-state index contributed by atoms with van der Waals surface area (Å²) in [7, 11) is 0. The van der Waals surface area contributed by atoms with Crippen molar-refractivity contribution in [2.45, 2.75) is 296 Å². The van der Waals surface area contributed by atoms with E-state index in [0.29, 0.717) is 5.92 Å². The molecule has 1 fully saturated rings. The van der Waals surface area contributed by atoms with E-state index in [2.05, 4.69) is 288 Å². The first-order valence-corrected chi connectivity index (χ1v) is 48.7. The van der Waals surface area contributed by atoms with Crippen LogP contribution in [0.15, 0.2) is 146 Å². The molecule has 0 aromatic heterocycles. The number of aryl methyl sites for hydroxylation is 19. The second-order valence-electron chi connectivity index (χ2n) is 41.3. The lowest BCUT2D eigenvalue weighted by atomic mass is 9.64. The van der Waals surface area contributed by atoms with E-state index in [4.69, 9.17) is 0 Å². The minimum atomic E-state index is -0.122. The largest absolute Gasteiger partial charge is 0.206 e. The summed E-state index contributed by atoms with van der Waals surface area (Å²) in [5.74, 6) is 4.11. The molecule has 15 aromatic rings. The summed E-state index contributed by atoms with van der Waals surface area (Å²) in [6.07, 6.45) is 18.7. The molecule has 5 atom stereocenters. The van der Waals surface area contributed by atoms with Gasteiger partial charge in [0, 0.05) is 16.3 Å². The van der Waals surface area contributed by atoms with Crippen molar-refractivity contribution in [3.63, 3.8) is 0 Å². The number of benzene rings is 15. The molecular weight excluding hydrogens is 1570 g/mol. The Labute approximate surface area is 772 Å². The minimum absolute atomic E-state index is 0.0385. The van der Waals surface area contributed by atoms with Gasteiger partial charge < -0.3 is 0 Å². The summed E-state index contributed by atoms with van der Waals surface area (Å²) in [4.78, 5) is 0. The maximum atomic E-state index is 14.5. The molecule has 15 aromatic carbocycles. The fourth-order valence-corrected chi connectivity index (χ4v) is 23.3. The van der Waals surface area contributed by atoms with Crippen LogP contribution in [-0.4, -0.2) is 0 Å². The SMILES string of the molecule is Cc1cc(F)c2c(c1)CCc1c-2cc(C)c(C)c1C.Cc1cc(F)c2c(ccc3c(C)c(C)c(C)cc32)c1.Cc1cc2c(c(C)c1C)CCC1CC(C)CCC21.Cc1cc2c3c(cc(F)c2c(C)c1C)CC(C)CC3.Cc1cc2c3c(ccc2c(C)c1C)CC(C)CC3.Cc1ccc2c(c1)CCc1c-2cc(C)c(C)c1C.Cc1ccc2c(ccc3c(C)c(C)c(C)cc32)c1. The highest BCUT2D eigenvalue weighted by atomic mass is 19.1. The molecular formula is C126H143F3. The first-order chi connectivity index (χ1) is 61.3. The zero-order valence-corrected chi connectivity index (χ0v) is 83.5. The Morgan fingerprint density at radius 2 is 0.667 bits per heavy atom. The molecule has 6 aliphatic carbocycles. The molecule has 0 bridgehead atoms. The van der Waals surface area contributed by atoms with Gasteiger partial charge in [-0.15, -0.1) is 0 Å². The lowest BCUT2D eigenvalue weighted by molar-refractivity contribution is 0.221. The van der Waals surface area contributed by atoms with Crippen LogP contribution in [0.4, 0.5) is 13.2 Å². The Morgan fingerprint density at radius 3 is 1.30 bits per heavy atom. The van der Waals surface area contributed by atoms with Crippen molar-refractivity contribution in [3.05, 3.63) is 358 Å². The summed E-state index contributed by atoms with van der Waals surface area (Å²) in [5, 5.41) is 14.3. The minimum Gasteiger partial charge on any atom is -0.206 e. The monoisotopic (exact) mass is 1710 g/mol. The van der Waals surface area contributed by atoms with Gasteiger partial charge in [-0.3, -0.25) is 0 Å². The predicted octanol–water partition coefficient (Wildman–Crippen LogP) is 35.1. The Morgan fingerprint density at radius 1 is 0.233 bits per heavy atom. The molecule has 5 unspecified atom stereocenters. The van der Waals surface area contributed by atoms with E-state index in [9.17, 15) is 13.2 Å². The van der Waals surface area contributed by atoms with E-state index in [-0.39, 0.29) is 17.5 Å². The third kappa shape index (κ3) is 18.4. The van der Waals surface area contributed by atoms with Crippen LogP contribution in [0.1, 0.15) is 260 Å².